The van der Waals surface area contributed by atoms with Crippen molar-refractivity contribution < 1.29 is 9.59 Å². The summed E-state index contributed by atoms with van der Waals surface area (Å²) in [5.74, 6) is 0.563. The average Bonchev–Trinajstić information content (AvgIpc) is 3.11. The minimum absolute atomic E-state index is 0.327. The molecule has 1 heterocycles. The van der Waals surface area contributed by atoms with Crippen molar-refractivity contribution in [2.24, 2.45) is 5.73 Å². The van der Waals surface area contributed by atoms with Crippen LogP contribution >= 0.6 is 27.7 Å². The minimum atomic E-state index is -0.519. The van der Waals surface area contributed by atoms with Crippen molar-refractivity contribution in [3.8, 4) is 11.3 Å². The fourth-order valence-electron chi connectivity index (χ4n) is 2.52. The standard InChI is InChI=1S/C19H18BrN5O2S/c1-2-28-11-25-17(16(23-24-25)12-3-7-14(20)8-4-12)19(27)22-15-9-5-13(6-10-15)18(21)26/h3-10H,2,11H2,1H3,(H2,21,26)(H,22,27). The highest BCUT2D eigenvalue weighted by molar-refractivity contribution is 9.10. The normalized spacial score (nSPS) is 10.6. The number of anilines is 1. The van der Waals surface area contributed by atoms with Crippen LogP contribution in [-0.2, 0) is 5.88 Å². The minimum Gasteiger partial charge on any atom is -0.366 e. The lowest BCUT2D eigenvalue weighted by molar-refractivity contribution is 0.0997. The number of thioether (sulfide) groups is 1. The molecule has 7 nitrogen and oxygen atoms in total. The maximum absolute atomic E-state index is 13.0. The summed E-state index contributed by atoms with van der Waals surface area (Å²) in [5, 5.41) is 11.2. The molecule has 28 heavy (non-hydrogen) atoms. The van der Waals surface area contributed by atoms with E-state index in [0.717, 1.165) is 15.8 Å². The molecule has 3 rings (SSSR count). The van der Waals surface area contributed by atoms with E-state index in [-0.39, 0.29) is 5.91 Å². The molecule has 0 radical (unpaired) electrons. The van der Waals surface area contributed by atoms with Gasteiger partial charge in [-0.15, -0.1) is 16.9 Å². The average molecular weight is 460 g/mol. The summed E-state index contributed by atoms with van der Waals surface area (Å²) in [6, 6.07) is 13.9. The first-order chi connectivity index (χ1) is 13.5. The first kappa shape index (κ1) is 20.1. The van der Waals surface area contributed by atoms with Gasteiger partial charge in [-0.25, -0.2) is 4.68 Å². The molecule has 0 aliphatic carbocycles. The predicted octanol–water partition coefficient (Wildman–Crippen LogP) is 3.77. The van der Waals surface area contributed by atoms with Gasteiger partial charge in [0.2, 0.25) is 5.91 Å². The SMILES string of the molecule is CCSCn1nnc(-c2ccc(Br)cc2)c1C(=O)Nc1ccc(C(N)=O)cc1. The lowest BCUT2D eigenvalue weighted by Crippen LogP contribution is -2.18. The van der Waals surface area contributed by atoms with E-state index in [2.05, 4.69) is 31.6 Å². The summed E-state index contributed by atoms with van der Waals surface area (Å²) in [7, 11) is 0. The summed E-state index contributed by atoms with van der Waals surface area (Å²) in [6.45, 7) is 2.04. The Morgan fingerprint density at radius 3 is 2.43 bits per heavy atom. The number of aromatic nitrogens is 3. The summed E-state index contributed by atoms with van der Waals surface area (Å²) in [4.78, 5) is 24.2. The molecule has 1 aromatic heterocycles. The lowest BCUT2D eigenvalue weighted by atomic mass is 10.1. The monoisotopic (exact) mass is 459 g/mol. The summed E-state index contributed by atoms with van der Waals surface area (Å²) < 4.78 is 2.53. The largest absolute Gasteiger partial charge is 0.366 e. The third kappa shape index (κ3) is 4.60. The van der Waals surface area contributed by atoms with E-state index in [4.69, 9.17) is 5.73 Å². The number of halogens is 1. The Hall–Kier alpha value is -2.65. The second-order valence-corrected chi connectivity index (χ2v) is 7.97. The number of primary amides is 1. The van der Waals surface area contributed by atoms with Gasteiger partial charge in [-0.2, -0.15) is 0 Å². The number of nitrogens with one attached hydrogen (secondary N) is 1. The fraction of sp³-hybridized carbons (Fsp3) is 0.158. The molecular weight excluding hydrogens is 442 g/mol. The number of benzene rings is 2. The summed E-state index contributed by atoms with van der Waals surface area (Å²) in [5.41, 5.74) is 7.86. The van der Waals surface area contributed by atoms with Gasteiger partial charge in [-0.3, -0.25) is 9.59 Å². The molecule has 0 saturated heterocycles. The maximum atomic E-state index is 13.0. The Kier molecular flexibility index (Phi) is 6.48. The van der Waals surface area contributed by atoms with Gasteiger partial charge in [-0.1, -0.05) is 40.2 Å². The van der Waals surface area contributed by atoms with Crippen LogP contribution in [0.3, 0.4) is 0 Å². The van der Waals surface area contributed by atoms with E-state index in [1.54, 1.807) is 40.7 Å². The highest BCUT2D eigenvalue weighted by atomic mass is 79.9. The van der Waals surface area contributed by atoms with E-state index in [1.807, 2.05) is 31.2 Å². The Labute approximate surface area is 174 Å². The van der Waals surface area contributed by atoms with Gasteiger partial charge in [0.05, 0.1) is 5.88 Å². The van der Waals surface area contributed by atoms with Gasteiger partial charge in [0.25, 0.3) is 5.91 Å². The predicted molar refractivity (Wildman–Crippen MR) is 114 cm³/mol. The van der Waals surface area contributed by atoms with Crippen LogP contribution < -0.4 is 11.1 Å². The van der Waals surface area contributed by atoms with Crippen molar-refractivity contribution in [3.63, 3.8) is 0 Å². The molecule has 0 spiro atoms. The molecule has 0 aliphatic heterocycles. The highest BCUT2D eigenvalue weighted by Crippen LogP contribution is 2.25. The molecule has 3 N–H and O–H groups in total. The zero-order valence-electron chi connectivity index (χ0n) is 15.1. The van der Waals surface area contributed by atoms with Crippen LogP contribution in [0.1, 0.15) is 27.8 Å². The molecule has 2 amide bonds. The van der Waals surface area contributed by atoms with Gasteiger partial charge in [0, 0.05) is 21.3 Å². The zero-order chi connectivity index (χ0) is 20.1. The van der Waals surface area contributed by atoms with Crippen LogP contribution in [0.25, 0.3) is 11.3 Å². The molecule has 9 heteroatoms. The summed E-state index contributed by atoms with van der Waals surface area (Å²) >= 11 is 5.05. The van der Waals surface area contributed by atoms with Crippen LogP contribution in [0, 0.1) is 0 Å². The third-order valence-corrected chi connectivity index (χ3v) is 5.28. The Morgan fingerprint density at radius 1 is 1.14 bits per heavy atom. The second-order valence-electron chi connectivity index (χ2n) is 5.81. The fourth-order valence-corrected chi connectivity index (χ4v) is 3.32. The van der Waals surface area contributed by atoms with Gasteiger partial charge >= 0.3 is 0 Å². The maximum Gasteiger partial charge on any atom is 0.276 e. The van der Waals surface area contributed by atoms with Crippen LogP contribution in [0.2, 0.25) is 0 Å². The molecule has 2 aromatic carbocycles. The summed E-state index contributed by atoms with van der Waals surface area (Å²) in [6.07, 6.45) is 0. The van der Waals surface area contributed by atoms with Gasteiger partial charge in [-0.05, 0) is 42.2 Å². The number of amides is 2. The third-order valence-electron chi connectivity index (χ3n) is 3.91. The van der Waals surface area contributed by atoms with Crippen LogP contribution in [0.5, 0.6) is 0 Å². The van der Waals surface area contributed by atoms with Crippen molar-refractivity contribution in [2.45, 2.75) is 12.8 Å². The number of rotatable bonds is 7. The van der Waals surface area contributed by atoms with Crippen molar-refractivity contribution in [2.75, 3.05) is 11.1 Å². The van der Waals surface area contributed by atoms with Crippen LogP contribution in [0.4, 0.5) is 5.69 Å². The van der Waals surface area contributed by atoms with Gasteiger partial charge in [0.1, 0.15) is 5.69 Å². The van der Waals surface area contributed by atoms with E-state index in [1.165, 1.54) is 0 Å². The molecule has 0 aliphatic rings. The van der Waals surface area contributed by atoms with Crippen LogP contribution in [-0.4, -0.2) is 32.6 Å². The molecule has 0 fully saturated rings. The molecule has 0 atom stereocenters. The first-order valence-electron chi connectivity index (χ1n) is 8.48. The number of hydrogen-bond donors (Lipinski definition) is 2. The quantitative estimate of drug-likeness (QED) is 0.559. The second kappa shape index (κ2) is 9.03. The van der Waals surface area contributed by atoms with Crippen molar-refractivity contribution in [1.82, 2.24) is 15.0 Å². The number of carbonyl (C=O) groups is 2. The molecule has 0 unspecified atom stereocenters. The molecule has 0 saturated carbocycles. The number of nitrogens with two attached hydrogens (primary N) is 1. The lowest BCUT2D eigenvalue weighted by Gasteiger charge is -2.09. The van der Waals surface area contributed by atoms with Gasteiger partial charge in [0.15, 0.2) is 5.69 Å². The van der Waals surface area contributed by atoms with Crippen molar-refractivity contribution >= 4 is 45.2 Å². The highest BCUT2D eigenvalue weighted by Gasteiger charge is 2.22. The molecule has 0 bridgehead atoms. The zero-order valence-corrected chi connectivity index (χ0v) is 17.5. The Balaban J connectivity index is 1.93. The molecular formula is C19H18BrN5O2S. The number of nitrogens with zero attached hydrogens (tertiary/aromatic N) is 3. The van der Waals surface area contributed by atoms with Crippen LogP contribution in [0.15, 0.2) is 53.0 Å². The molecule has 3 aromatic rings. The van der Waals surface area contributed by atoms with Crippen molar-refractivity contribution in [1.29, 1.82) is 0 Å². The van der Waals surface area contributed by atoms with E-state index < -0.39 is 5.91 Å². The number of carbonyl (C=O) groups excluding carboxylic acids is 2. The smallest absolute Gasteiger partial charge is 0.276 e. The molecule has 144 valence electrons. The van der Waals surface area contributed by atoms with E-state index >= 15 is 0 Å². The van der Waals surface area contributed by atoms with Gasteiger partial charge < -0.3 is 11.1 Å². The Morgan fingerprint density at radius 2 is 1.82 bits per heavy atom. The van der Waals surface area contributed by atoms with E-state index in [9.17, 15) is 9.59 Å². The van der Waals surface area contributed by atoms with Crippen molar-refractivity contribution in [3.05, 3.63) is 64.3 Å². The first-order valence-corrected chi connectivity index (χ1v) is 10.4. The number of hydrogen-bond acceptors (Lipinski definition) is 5. The van der Waals surface area contributed by atoms with E-state index in [0.29, 0.717) is 28.5 Å². The Bertz CT molecular complexity index is 987. The topological polar surface area (TPSA) is 103 Å².